The van der Waals surface area contributed by atoms with Gasteiger partial charge in [0.15, 0.2) is 5.82 Å². The summed E-state index contributed by atoms with van der Waals surface area (Å²) >= 11 is 1.36. The average Bonchev–Trinajstić information content (AvgIpc) is 2.76. The Labute approximate surface area is 98.5 Å². The Hall–Kier alpha value is -1.62. The number of benzene rings is 1. The van der Waals surface area contributed by atoms with Gasteiger partial charge in [0.25, 0.3) is 0 Å². The van der Waals surface area contributed by atoms with Crippen molar-refractivity contribution >= 4 is 16.7 Å². The maximum absolute atomic E-state index is 5.54. The van der Waals surface area contributed by atoms with E-state index < -0.39 is 0 Å². The molecule has 0 saturated carbocycles. The van der Waals surface area contributed by atoms with E-state index in [4.69, 9.17) is 4.74 Å². The van der Waals surface area contributed by atoms with Gasteiger partial charge in [-0.3, -0.25) is 0 Å². The number of aromatic nitrogens is 2. The molecule has 1 N–H and O–H groups in total. The first-order chi connectivity index (χ1) is 7.88. The average molecular weight is 235 g/mol. The lowest BCUT2D eigenvalue weighted by molar-refractivity contribution is 0.297. The largest absolute Gasteiger partial charge is 0.486 e. The van der Waals surface area contributed by atoms with Crippen molar-refractivity contribution < 1.29 is 4.74 Å². The third-order valence-electron chi connectivity index (χ3n) is 1.91. The molecule has 2 rings (SSSR count). The summed E-state index contributed by atoms with van der Waals surface area (Å²) in [6.07, 6.45) is 0. The third-order valence-corrected chi connectivity index (χ3v) is 2.62. The van der Waals surface area contributed by atoms with Gasteiger partial charge in [-0.25, -0.2) is 0 Å². The van der Waals surface area contributed by atoms with Gasteiger partial charge in [0, 0.05) is 18.1 Å². The topological polar surface area (TPSA) is 47.0 Å². The second kappa shape index (κ2) is 5.46. The van der Waals surface area contributed by atoms with E-state index in [2.05, 4.69) is 14.7 Å². The Morgan fingerprint density at radius 2 is 2.12 bits per heavy atom. The molecule has 5 heteroatoms. The molecule has 0 radical (unpaired) electrons. The summed E-state index contributed by atoms with van der Waals surface area (Å²) < 4.78 is 9.73. The van der Waals surface area contributed by atoms with Crippen molar-refractivity contribution in [1.82, 2.24) is 9.36 Å². The molecule has 0 bridgehead atoms. The zero-order chi connectivity index (χ0) is 11.2. The van der Waals surface area contributed by atoms with Crippen LogP contribution >= 0.6 is 11.5 Å². The molecule has 0 saturated heterocycles. The van der Waals surface area contributed by atoms with E-state index in [0.717, 1.165) is 17.4 Å². The zero-order valence-electron chi connectivity index (χ0n) is 9.01. The van der Waals surface area contributed by atoms with Crippen LogP contribution in [0.1, 0.15) is 12.7 Å². The lowest BCUT2D eigenvalue weighted by Gasteiger charge is -2.01. The van der Waals surface area contributed by atoms with Crippen LogP contribution in [0.25, 0.3) is 0 Å². The van der Waals surface area contributed by atoms with Gasteiger partial charge >= 0.3 is 0 Å². The SMILES string of the molecule is CCNc1nc(COc2ccccc2)ns1. The fraction of sp³-hybridized carbons (Fsp3) is 0.273. The van der Waals surface area contributed by atoms with E-state index in [0.29, 0.717) is 12.4 Å². The number of nitrogens with zero attached hydrogens (tertiary/aromatic N) is 2. The van der Waals surface area contributed by atoms with Gasteiger partial charge in [-0.15, -0.1) is 0 Å². The number of anilines is 1. The lowest BCUT2D eigenvalue weighted by atomic mass is 10.3. The number of rotatable bonds is 5. The molecule has 0 aliphatic carbocycles. The first-order valence-corrected chi connectivity index (χ1v) is 5.90. The van der Waals surface area contributed by atoms with Crippen molar-refractivity contribution in [3.8, 4) is 5.75 Å². The zero-order valence-corrected chi connectivity index (χ0v) is 9.83. The van der Waals surface area contributed by atoms with Crippen LogP contribution in [-0.2, 0) is 6.61 Å². The minimum atomic E-state index is 0.409. The number of ether oxygens (including phenoxy) is 1. The van der Waals surface area contributed by atoms with Gasteiger partial charge in [-0.05, 0) is 19.1 Å². The van der Waals surface area contributed by atoms with Crippen molar-refractivity contribution in [3.63, 3.8) is 0 Å². The van der Waals surface area contributed by atoms with E-state index >= 15 is 0 Å². The van der Waals surface area contributed by atoms with Crippen molar-refractivity contribution in [1.29, 1.82) is 0 Å². The van der Waals surface area contributed by atoms with Crippen LogP contribution in [0.15, 0.2) is 30.3 Å². The van der Waals surface area contributed by atoms with E-state index in [9.17, 15) is 0 Å². The summed E-state index contributed by atoms with van der Waals surface area (Å²) in [7, 11) is 0. The van der Waals surface area contributed by atoms with Crippen LogP contribution in [0, 0.1) is 0 Å². The highest BCUT2D eigenvalue weighted by atomic mass is 32.1. The molecule has 84 valence electrons. The quantitative estimate of drug-likeness (QED) is 0.865. The molecule has 0 amide bonds. The van der Waals surface area contributed by atoms with Crippen molar-refractivity contribution in [2.75, 3.05) is 11.9 Å². The van der Waals surface area contributed by atoms with Gasteiger partial charge in [-0.1, -0.05) is 18.2 Å². The van der Waals surface area contributed by atoms with Crippen LogP contribution in [0.5, 0.6) is 5.75 Å². The molecule has 0 unspecified atom stereocenters. The number of para-hydroxylation sites is 1. The minimum Gasteiger partial charge on any atom is -0.486 e. The summed E-state index contributed by atoms with van der Waals surface area (Å²) in [4.78, 5) is 4.29. The highest BCUT2D eigenvalue weighted by molar-refractivity contribution is 7.09. The molecular formula is C11H13N3OS. The Bertz CT molecular complexity index is 430. The fourth-order valence-corrected chi connectivity index (χ4v) is 1.84. The van der Waals surface area contributed by atoms with Crippen LogP contribution in [0.2, 0.25) is 0 Å². The lowest BCUT2D eigenvalue weighted by Crippen LogP contribution is -1.99. The number of hydrogen-bond acceptors (Lipinski definition) is 5. The third kappa shape index (κ3) is 2.93. The molecule has 0 spiro atoms. The molecular weight excluding hydrogens is 222 g/mol. The Kier molecular flexibility index (Phi) is 3.71. The minimum absolute atomic E-state index is 0.409. The van der Waals surface area contributed by atoms with Crippen LogP contribution < -0.4 is 10.1 Å². The van der Waals surface area contributed by atoms with Crippen LogP contribution in [-0.4, -0.2) is 15.9 Å². The van der Waals surface area contributed by atoms with Crippen LogP contribution in [0.3, 0.4) is 0 Å². The van der Waals surface area contributed by atoms with Crippen molar-refractivity contribution in [2.45, 2.75) is 13.5 Å². The highest BCUT2D eigenvalue weighted by Crippen LogP contribution is 2.13. The van der Waals surface area contributed by atoms with Gasteiger partial charge in [0.05, 0.1) is 0 Å². The molecule has 1 heterocycles. The van der Waals surface area contributed by atoms with E-state index in [-0.39, 0.29) is 0 Å². The first-order valence-electron chi connectivity index (χ1n) is 5.13. The molecule has 2 aromatic rings. The van der Waals surface area contributed by atoms with Gasteiger partial charge in [0.1, 0.15) is 12.4 Å². The van der Waals surface area contributed by atoms with Gasteiger partial charge < -0.3 is 10.1 Å². The molecule has 1 aromatic carbocycles. The predicted octanol–water partition coefficient (Wildman–Crippen LogP) is 2.55. The Morgan fingerprint density at radius 1 is 1.31 bits per heavy atom. The second-order valence-corrected chi connectivity index (χ2v) is 3.90. The summed E-state index contributed by atoms with van der Waals surface area (Å²) in [5, 5.41) is 3.96. The molecule has 0 aliphatic rings. The Balaban J connectivity index is 1.89. The van der Waals surface area contributed by atoms with Crippen molar-refractivity contribution in [3.05, 3.63) is 36.2 Å². The van der Waals surface area contributed by atoms with Crippen molar-refractivity contribution in [2.24, 2.45) is 0 Å². The van der Waals surface area contributed by atoms with E-state index in [1.807, 2.05) is 37.3 Å². The predicted molar refractivity (Wildman–Crippen MR) is 64.8 cm³/mol. The molecule has 0 atom stereocenters. The smallest absolute Gasteiger partial charge is 0.202 e. The molecule has 4 nitrogen and oxygen atoms in total. The van der Waals surface area contributed by atoms with Crippen LogP contribution in [0.4, 0.5) is 5.13 Å². The first kappa shape index (κ1) is 10.9. The standard InChI is InChI=1S/C11H13N3OS/c1-2-12-11-13-10(14-16-11)8-15-9-6-4-3-5-7-9/h3-7H,2,8H2,1H3,(H,12,13,14). The fourth-order valence-electron chi connectivity index (χ4n) is 1.20. The normalized spacial score (nSPS) is 10.1. The number of hydrogen-bond donors (Lipinski definition) is 1. The summed E-state index contributed by atoms with van der Waals surface area (Å²) in [5.41, 5.74) is 0. The maximum atomic E-state index is 5.54. The van der Waals surface area contributed by atoms with E-state index in [1.54, 1.807) is 0 Å². The highest BCUT2D eigenvalue weighted by Gasteiger charge is 2.03. The summed E-state index contributed by atoms with van der Waals surface area (Å²) in [5.74, 6) is 1.55. The number of nitrogens with one attached hydrogen (secondary N) is 1. The summed E-state index contributed by atoms with van der Waals surface area (Å²) in [6, 6.07) is 9.66. The molecule has 0 aliphatic heterocycles. The van der Waals surface area contributed by atoms with E-state index in [1.165, 1.54) is 11.5 Å². The Morgan fingerprint density at radius 3 is 2.88 bits per heavy atom. The molecule has 16 heavy (non-hydrogen) atoms. The second-order valence-electron chi connectivity index (χ2n) is 3.15. The maximum Gasteiger partial charge on any atom is 0.202 e. The molecule has 1 aromatic heterocycles. The molecule has 0 fully saturated rings. The summed E-state index contributed by atoms with van der Waals surface area (Å²) in [6.45, 7) is 3.29. The van der Waals surface area contributed by atoms with Gasteiger partial charge in [0.2, 0.25) is 5.13 Å². The monoisotopic (exact) mass is 235 g/mol. The van der Waals surface area contributed by atoms with Gasteiger partial charge in [-0.2, -0.15) is 9.36 Å².